The highest BCUT2D eigenvalue weighted by atomic mass is 14.6. The van der Waals surface area contributed by atoms with Gasteiger partial charge in [-0.2, -0.15) is 0 Å². The standard InChI is InChI=1S/C16H23N/c1-7-9-12(3)10-13(4)14(5)11-16(8-2)15(6)17/h7-11H,4,6,17H2,1-3,5H3/b9-7-,12-10-,14-11+,16-8+. The van der Waals surface area contributed by atoms with E-state index in [9.17, 15) is 0 Å². The summed E-state index contributed by atoms with van der Waals surface area (Å²) in [4.78, 5) is 0. The third-order valence-corrected chi connectivity index (χ3v) is 2.39. The molecule has 0 saturated carbocycles. The van der Waals surface area contributed by atoms with Crippen molar-refractivity contribution in [2.45, 2.75) is 27.7 Å². The first-order valence-corrected chi connectivity index (χ1v) is 5.72. The zero-order valence-corrected chi connectivity index (χ0v) is 11.4. The van der Waals surface area contributed by atoms with E-state index in [0.29, 0.717) is 5.70 Å². The summed E-state index contributed by atoms with van der Waals surface area (Å²) in [6.07, 6.45) is 10.1. The fourth-order valence-corrected chi connectivity index (χ4v) is 1.39. The number of hydrogen-bond acceptors (Lipinski definition) is 1. The molecule has 0 aliphatic rings. The Kier molecular flexibility index (Phi) is 6.73. The molecule has 0 spiro atoms. The van der Waals surface area contributed by atoms with Crippen LogP contribution in [-0.2, 0) is 0 Å². The van der Waals surface area contributed by atoms with Crippen molar-refractivity contribution in [3.05, 3.63) is 71.5 Å². The van der Waals surface area contributed by atoms with Crippen LogP contribution in [0, 0.1) is 0 Å². The number of rotatable bonds is 5. The Morgan fingerprint density at radius 1 is 1.06 bits per heavy atom. The first-order chi connectivity index (χ1) is 7.92. The summed E-state index contributed by atoms with van der Waals surface area (Å²) in [6.45, 7) is 15.8. The third-order valence-electron chi connectivity index (χ3n) is 2.39. The van der Waals surface area contributed by atoms with Crippen LogP contribution in [0.25, 0.3) is 0 Å². The first kappa shape index (κ1) is 15.2. The molecule has 0 heterocycles. The van der Waals surface area contributed by atoms with Crippen LogP contribution < -0.4 is 5.73 Å². The smallest absolute Gasteiger partial charge is 0.0311 e. The molecular weight excluding hydrogens is 206 g/mol. The molecule has 0 aromatic carbocycles. The van der Waals surface area contributed by atoms with Crippen molar-refractivity contribution in [2.24, 2.45) is 5.73 Å². The molecule has 0 bridgehead atoms. The molecule has 17 heavy (non-hydrogen) atoms. The van der Waals surface area contributed by atoms with E-state index in [1.165, 1.54) is 5.57 Å². The Hall–Kier alpha value is -1.76. The maximum absolute atomic E-state index is 5.68. The second-order valence-electron chi connectivity index (χ2n) is 4.01. The summed E-state index contributed by atoms with van der Waals surface area (Å²) in [5.74, 6) is 0. The molecular formula is C16H23N. The van der Waals surface area contributed by atoms with Gasteiger partial charge in [-0.1, -0.05) is 43.0 Å². The van der Waals surface area contributed by atoms with Crippen LogP contribution in [0.4, 0.5) is 0 Å². The zero-order chi connectivity index (χ0) is 13.4. The lowest BCUT2D eigenvalue weighted by Gasteiger charge is -2.05. The molecule has 1 heteroatoms. The van der Waals surface area contributed by atoms with Gasteiger partial charge in [0.1, 0.15) is 0 Å². The van der Waals surface area contributed by atoms with Crippen molar-refractivity contribution in [2.75, 3.05) is 0 Å². The fourth-order valence-electron chi connectivity index (χ4n) is 1.39. The molecule has 2 N–H and O–H groups in total. The quantitative estimate of drug-likeness (QED) is 0.693. The molecule has 0 aliphatic heterocycles. The lowest BCUT2D eigenvalue weighted by molar-refractivity contribution is 1.32. The van der Waals surface area contributed by atoms with Crippen molar-refractivity contribution < 1.29 is 0 Å². The normalized spacial score (nSPS) is 14.2. The lowest BCUT2D eigenvalue weighted by Crippen LogP contribution is -1.97. The van der Waals surface area contributed by atoms with E-state index in [4.69, 9.17) is 5.73 Å². The number of allylic oxidation sites excluding steroid dienone is 8. The van der Waals surface area contributed by atoms with Crippen molar-refractivity contribution in [3.63, 3.8) is 0 Å². The lowest BCUT2D eigenvalue weighted by atomic mass is 10.0. The van der Waals surface area contributed by atoms with Gasteiger partial charge in [0, 0.05) is 5.70 Å². The largest absolute Gasteiger partial charge is 0.399 e. The Morgan fingerprint density at radius 2 is 1.65 bits per heavy atom. The predicted molar refractivity (Wildman–Crippen MR) is 78.6 cm³/mol. The summed E-state index contributed by atoms with van der Waals surface area (Å²) in [5, 5.41) is 0. The molecule has 0 radical (unpaired) electrons. The van der Waals surface area contributed by atoms with Crippen molar-refractivity contribution in [1.29, 1.82) is 0 Å². The molecule has 0 rings (SSSR count). The molecule has 0 aromatic rings. The van der Waals surface area contributed by atoms with Gasteiger partial charge < -0.3 is 5.73 Å². The van der Waals surface area contributed by atoms with Crippen LogP contribution in [0.15, 0.2) is 71.5 Å². The predicted octanol–water partition coefficient (Wildman–Crippen LogP) is 4.43. The molecule has 0 amide bonds. The zero-order valence-electron chi connectivity index (χ0n) is 11.4. The van der Waals surface area contributed by atoms with E-state index in [-0.39, 0.29) is 0 Å². The van der Waals surface area contributed by atoms with Crippen LogP contribution in [0.5, 0.6) is 0 Å². The van der Waals surface area contributed by atoms with Crippen molar-refractivity contribution in [3.8, 4) is 0 Å². The minimum absolute atomic E-state index is 0.578. The van der Waals surface area contributed by atoms with Gasteiger partial charge in [-0.3, -0.25) is 0 Å². The highest BCUT2D eigenvalue weighted by molar-refractivity contribution is 5.47. The van der Waals surface area contributed by atoms with Crippen LogP contribution in [0.2, 0.25) is 0 Å². The monoisotopic (exact) mass is 229 g/mol. The molecule has 0 fully saturated rings. The number of nitrogens with two attached hydrogens (primary N) is 1. The number of hydrogen-bond donors (Lipinski definition) is 1. The van der Waals surface area contributed by atoms with Gasteiger partial charge in [0.2, 0.25) is 0 Å². The van der Waals surface area contributed by atoms with Crippen molar-refractivity contribution in [1.82, 2.24) is 0 Å². The van der Waals surface area contributed by atoms with E-state index >= 15 is 0 Å². The van der Waals surface area contributed by atoms with Gasteiger partial charge in [0.25, 0.3) is 0 Å². The fraction of sp³-hybridized carbons (Fsp3) is 0.250. The van der Waals surface area contributed by atoms with Crippen LogP contribution in [-0.4, -0.2) is 0 Å². The minimum Gasteiger partial charge on any atom is -0.399 e. The van der Waals surface area contributed by atoms with Crippen LogP contribution >= 0.6 is 0 Å². The Morgan fingerprint density at radius 3 is 2.06 bits per heavy atom. The summed E-state index contributed by atoms with van der Waals surface area (Å²) >= 11 is 0. The summed E-state index contributed by atoms with van der Waals surface area (Å²) < 4.78 is 0. The molecule has 1 nitrogen and oxygen atoms in total. The average Bonchev–Trinajstić information content (AvgIpc) is 2.25. The topological polar surface area (TPSA) is 26.0 Å². The van der Waals surface area contributed by atoms with Crippen LogP contribution in [0.1, 0.15) is 27.7 Å². The molecule has 0 aromatic heterocycles. The summed E-state index contributed by atoms with van der Waals surface area (Å²) in [6, 6.07) is 0. The molecule has 0 atom stereocenters. The maximum atomic E-state index is 5.68. The first-order valence-electron chi connectivity index (χ1n) is 5.72. The highest BCUT2D eigenvalue weighted by Crippen LogP contribution is 2.16. The van der Waals surface area contributed by atoms with Gasteiger partial charge in [-0.15, -0.1) is 0 Å². The maximum Gasteiger partial charge on any atom is 0.0311 e. The summed E-state index contributed by atoms with van der Waals surface area (Å²) in [7, 11) is 0. The SMILES string of the molecule is C=C(/C=C(C)\C=C/C)/C(C)=C/C(=C\C)C(=C)N. The van der Waals surface area contributed by atoms with E-state index in [0.717, 1.165) is 16.7 Å². The molecule has 0 aliphatic carbocycles. The molecule has 92 valence electrons. The van der Waals surface area contributed by atoms with E-state index < -0.39 is 0 Å². The van der Waals surface area contributed by atoms with Gasteiger partial charge in [-0.05, 0) is 50.5 Å². The average molecular weight is 229 g/mol. The Balaban J connectivity index is 5.01. The minimum atomic E-state index is 0.578. The molecule has 0 unspecified atom stereocenters. The van der Waals surface area contributed by atoms with E-state index in [1.54, 1.807) is 0 Å². The third kappa shape index (κ3) is 5.76. The van der Waals surface area contributed by atoms with Gasteiger partial charge in [-0.25, -0.2) is 0 Å². The van der Waals surface area contributed by atoms with Crippen molar-refractivity contribution >= 4 is 0 Å². The Bertz CT molecular complexity index is 415. The molecule has 0 saturated heterocycles. The van der Waals surface area contributed by atoms with E-state index in [2.05, 4.69) is 32.2 Å². The van der Waals surface area contributed by atoms with Gasteiger partial charge >= 0.3 is 0 Å². The second kappa shape index (κ2) is 7.50. The van der Waals surface area contributed by atoms with E-state index in [1.807, 2.05) is 39.0 Å². The van der Waals surface area contributed by atoms with Gasteiger partial charge in [0.05, 0.1) is 0 Å². The summed E-state index contributed by atoms with van der Waals surface area (Å²) in [5.41, 5.74) is 10.5. The van der Waals surface area contributed by atoms with Crippen LogP contribution in [0.3, 0.4) is 0 Å². The van der Waals surface area contributed by atoms with Gasteiger partial charge in [0.15, 0.2) is 0 Å². The second-order valence-corrected chi connectivity index (χ2v) is 4.01. The highest BCUT2D eigenvalue weighted by Gasteiger charge is 1.98. The Labute approximate surface area is 105 Å².